The molecule has 164 valence electrons. The van der Waals surface area contributed by atoms with Gasteiger partial charge in [-0.1, -0.05) is 53.4 Å². The number of rotatable bonds is 5. The van der Waals surface area contributed by atoms with Crippen LogP contribution in [0, 0.1) is 6.92 Å². The highest BCUT2D eigenvalue weighted by molar-refractivity contribution is 8.00. The summed E-state index contributed by atoms with van der Waals surface area (Å²) in [5.74, 6) is 1.15. The minimum Gasteiger partial charge on any atom is -0.506 e. The zero-order valence-electron chi connectivity index (χ0n) is 17.5. The zero-order valence-corrected chi connectivity index (χ0v) is 19.2. The number of phenolic OH excluding ortho intramolecular Hbond substituents is 1. The van der Waals surface area contributed by atoms with Gasteiger partial charge in [0, 0.05) is 42.9 Å². The molecule has 32 heavy (non-hydrogen) atoms. The number of nitrogens with zero attached hydrogens (tertiary/aromatic N) is 4. The number of para-hydroxylation sites is 3. The predicted molar refractivity (Wildman–Crippen MR) is 127 cm³/mol. The van der Waals surface area contributed by atoms with Gasteiger partial charge in [-0.05, 0) is 25.1 Å². The van der Waals surface area contributed by atoms with Crippen LogP contribution in [0.15, 0.2) is 57.3 Å². The van der Waals surface area contributed by atoms with Crippen molar-refractivity contribution < 1.29 is 14.3 Å². The number of hydrogen-bond donors (Lipinski definition) is 1. The van der Waals surface area contributed by atoms with Crippen LogP contribution in [-0.2, 0) is 5.75 Å². The lowest BCUT2D eigenvalue weighted by Gasteiger charge is -2.36. The number of phenols is 1. The number of aromatic hydroxyl groups is 1. The molecule has 1 aliphatic rings. The van der Waals surface area contributed by atoms with Gasteiger partial charge in [-0.3, -0.25) is 4.79 Å². The molecular formula is C23H22N4O3S2. The van der Waals surface area contributed by atoms with E-state index < -0.39 is 0 Å². The Morgan fingerprint density at radius 2 is 1.84 bits per heavy atom. The van der Waals surface area contributed by atoms with Crippen LogP contribution in [0.1, 0.15) is 21.1 Å². The minimum absolute atomic E-state index is 0.0952. The Bertz CT molecular complexity index is 1260. The summed E-state index contributed by atoms with van der Waals surface area (Å²) in [6, 6.07) is 15.1. The Morgan fingerprint density at radius 1 is 1.09 bits per heavy atom. The van der Waals surface area contributed by atoms with Gasteiger partial charge in [0.15, 0.2) is 10.1 Å². The van der Waals surface area contributed by atoms with E-state index in [-0.39, 0.29) is 11.7 Å². The molecule has 4 aromatic rings. The molecule has 1 amide bonds. The smallest absolute Gasteiger partial charge is 0.290 e. The van der Waals surface area contributed by atoms with Crippen molar-refractivity contribution in [2.75, 3.05) is 31.1 Å². The summed E-state index contributed by atoms with van der Waals surface area (Å²) in [6.07, 6.45) is 0. The van der Waals surface area contributed by atoms with Gasteiger partial charge in [-0.2, -0.15) is 0 Å². The Kier molecular flexibility index (Phi) is 5.75. The zero-order chi connectivity index (χ0) is 22.1. The summed E-state index contributed by atoms with van der Waals surface area (Å²) < 4.78 is 6.92. The second-order valence-corrected chi connectivity index (χ2v) is 9.95. The fourth-order valence-corrected chi connectivity index (χ4v) is 5.75. The first kappa shape index (κ1) is 20.8. The maximum absolute atomic E-state index is 13.4. The fraction of sp³-hybridized carbons (Fsp3) is 0.261. The quantitative estimate of drug-likeness (QED) is 0.432. The van der Waals surface area contributed by atoms with E-state index in [0.29, 0.717) is 43.3 Å². The van der Waals surface area contributed by atoms with E-state index in [1.54, 1.807) is 29.2 Å². The van der Waals surface area contributed by atoms with Crippen LogP contribution in [0.5, 0.6) is 5.75 Å². The third-order valence-electron chi connectivity index (χ3n) is 5.53. The van der Waals surface area contributed by atoms with Crippen LogP contribution < -0.4 is 4.90 Å². The molecule has 1 fully saturated rings. The van der Waals surface area contributed by atoms with E-state index in [0.717, 1.165) is 26.0 Å². The molecule has 1 saturated heterocycles. The second kappa shape index (κ2) is 8.84. The lowest BCUT2D eigenvalue weighted by Crippen LogP contribution is -2.48. The second-order valence-electron chi connectivity index (χ2n) is 7.55. The van der Waals surface area contributed by atoms with Gasteiger partial charge in [-0.15, -0.1) is 10.2 Å². The first-order valence-corrected chi connectivity index (χ1v) is 12.2. The summed E-state index contributed by atoms with van der Waals surface area (Å²) in [6.45, 7) is 4.35. The molecule has 0 unspecified atom stereocenters. The van der Waals surface area contributed by atoms with Crippen molar-refractivity contribution >= 4 is 45.7 Å². The Hall–Kier alpha value is -3.04. The number of thioether (sulfide) groups is 1. The lowest BCUT2D eigenvalue weighted by molar-refractivity contribution is 0.0716. The first-order chi connectivity index (χ1) is 15.6. The molecule has 5 rings (SSSR count). The molecule has 0 atom stereocenters. The average Bonchev–Trinajstić information content (AvgIpc) is 3.40. The van der Waals surface area contributed by atoms with Crippen molar-refractivity contribution in [2.45, 2.75) is 17.0 Å². The van der Waals surface area contributed by atoms with E-state index in [9.17, 15) is 9.90 Å². The molecule has 2 aromatic heterocycles. The van der Waals surface area contributed by atoms with Gasteiger partial charge in [0.1, 0.15) is 16.3 Å². The highest BCUT2D eigenvalue weighted by atomic mass is 32.2. The number of carbonyl (C=O) groups is 1. The summed E-state index contributed by atoms with van der Waals surface area (Å²) in [4.78, 5) is 17.4. The molecule has 0 spiro atoms. The standard InChI is InChI=1S/C23H22N4O3S2/c1-15-24-25-23(32-15)31-14-17-16-6-2-5-9-20(16)30-21(17)22(29)27-12-10-26(11-13-27)18-7-3-4-8-19(18)28/h2-9,28H,10-14H2,1H3. The number of benzene rings is 2. The fourth-order valence-electron chi connectivity index (χ4n) is 3.91. The SMILES string of the molecule is Cc1nnc(SCc2c(C(=O)N3CCN(c4ccccc4O)CC3)oc3ccccc23)s1. The van der Waals surface area contributed by atoms with Gasteiger partial charge in [0.2, 0.25) is 0 Å². The molecule has 9 heteroatoms. The van der Waals surface area contributed by atoms with Crippen molar-refractivity contribution in [3.05, 3.63) is 64.9 Å². The summed E-state index contributed by atoms with van der Waals surface area (Å²) in [7, 11) is 0. The average molecular weight is 467 g/mol. The third kappa shape index (κ3) is 4.05. The van der Waals surface area contributed by atoms with Crippen molar-refractivity contribution in [1.29, 1.82) is 0 Å². The normalized spacial score (nSPS) is 14.3. The Balaban J connectivity index is 1.36. The van der Waals surface area contributed by atoms with E-state index in [2.05, 4.69) is 15.1 Å². The molecule has 3 heterocycles. The van der Waals surface area contributed by atoms with Gasteiger partial charge in [0.25, 0.3) is 5.91 Å². The molecule has 7 nitrogen and oxygen atoms in total. The van der Waals surface area contributed by atoms with Gasteiger partial charge < -0.3 is 19.3 Å². The molecule has 1 N–H and O–H groups in total. The number of aryl methyl sites for hydroxylation is 1. The number of amides is 1. The molecule has 1 aliphatic heterocycles. The maximum Gasteiger partial charge on any atom is 0.290 e. The first-order valence-electron chi connectivity index (χ1n) is 10.4. The van der Waals surface area contributed by atoms with E-state index in [1.807, 2.05) is 54.3 Å². The largest absolute Gasteiger partial charge is 0.506 e. The number of piperazine rings is 1. The lowest BCUT2D eigenvalue weighted by atomic mass is 10.1. The van der Waals surface area contributed by atoms with Crippen molar-refractivity contribution in [2.24, 2.45) is 0 Å². The number of furan rings is 1. The molecule has 0 aliphatic carbocycles. The van der Waals surface area contributed by atoms with Crippen LogP contribution in [0.2, 0.25) is 0 Å². The maximum atomic E-state index is 13.4. The van der Waals surface area contributed by atoms with E-state index in [1.165, 1.54) is 0 Å². The molecule has 0 saturated carbocycles. The van der Waals surface area contributed by atoms with Crippen molar-refractivity contribution in [1.82, 2.24) is 15.1 Å². The van der Waals surface area contributed by atoms with Crippen LogP contribution in [0.4, 0.5) is 5.69 Å². The van der Waals surface area contributed by atoms with E-state index in [4.69, 9.17) is 4.42 Å². The Labute approximate surface area is 193 Å². The number of fused-ring (bicyclic) bond motifs is 1. The third-order valence-corrected chi connectivity index (χ3v) is 7.53. The summed E-state index contributed by atoms with van der Waals surface area (Å²) in [5, 5.41) is 20.3. The van der Waals surface area contributed by atoms with Gasteiger partial charge in [0.05, 0.1) is 5.69 Å². The monoisotopic (exact) mass is 466 g/mol. The molecule has 0 radical (unpaired) electrons. The summed E-state index contributed by atoms with van der Waals surface area (Å²) >= 11 is 3.11. The van der Waals surface area contributed by atoms with Crippen LogP contribution in [-0.4, -0.2) is 52.3 Å². The highest BCUT2D eigenvalue weighted by Crippen LogP contribution is 2.34. The van der Waals surface area contributed by atoms with Crippen molar-refractivity contribution in [3.8, 4) is 5.75 Å². The molecular weight excluding hydrogens is 444 g/mol. The number of aromatic nitrogens is 2. The van der Waals surface area contributed by atoms with Gasteiger partial charge >= 0.3 is 0 Å². The van der Waals surface area contributed by atoms with Crippen LogP contribution in [0.25, 0.3) is 11.0 Å². The predicted octanol–water partition coefficient (Wildman–Crippen LogP) is 4.55. The van der Waals surface area contributed by atoms with Crippen molar-refractivity contribution in [3.63, 3.8) is 0 Å². The number of carbonyl (C=O) groups excluding carboxylic acids is 1. The molecule has 2 aromatic carbocycles. The summed E-state index contributed by atoms with van der Waals surface area (Å²) in [5.41, 5.74) is 2.41. The number of anilines is 1. The number of hydrogen-bond acceptors (Lipinski definition) is 8. The minimum atomic E-state index is -0.0952. The van der Waals surface area contributed by atoms with E-state index >= 15 is 0 Å². The highest BCUT2D eigenvalue weighted by Gasteiger charge is 2.28. The van der Waals surface area contributed by atoms with Crippen LogP contribution >= 0.6 is 23.1 Å². The topological polar surface area (TPSA) is 82.7 Å². The van der Waals surface area contributed by atoms with Crippen LogP contribution in [0.3, 0.4) is 0 Å². The molecule has 0 bridgehead atoms. The Morgan fingerprint density at radius 3 is 2.59 bits per heavy atom. The van der Waals surface area contributed by atoms with Gasteiger partial charge in [-0.25, -0.2) is 0 Å².